The molecule has 0 N–H and O–H groups in total. The van der Waals surface area contributed by atoms with Crippen molar-refractivity contribution in [3.05, 3.63) is 100 Å². The first-order valence-electron chi connectivity index (χ1n) is 11.2. The summed E-state index contributed by atoms with van der Waals surface area (Å²) in [6.07, 6.45) is 0.599. The topological polar surface area (TPSA) is 54.8 Å². The summed E-state index contributed by atoms with van der Waals surface area (Å²) in [5.41, 5.74) is 6.85. The van der Waals surface area contributed by atoms with E-state index in [-0.39, 0.29) is 18.6 Å². The monoisotopic (exact) mass is 513 g/mol. The second-order valence-corrected chi connectivity index (χ2v) is 9.24. The summed E-state index contributed by atoms with van der Waals surface area (Å²) in [6, 6.07) is 26.3. The maximum atomic E-state index is 13.0. The van der Waals surface area contributed by atoms with Crippen LogP contribution in [-0.2, 0) is 9.53 Å². The molecule has 1 aromatic heterocycles. The normalized spacial score (nSPS) is 15.6. The van der Waals surface area contributed by atoms with E-state index in [0.717, 1.165) is 49.0 Å². The van der Waals surface area contributed by atoms with Crippen molar-refractivity contribution in [2.75, 3.05) is 13.7 Å². The van der Waals surface area contributed by atoms with E-state index in [1.807, 2.05) is 67.6 Å². The third-order valence-corrected chi connectivity index (χ3v) is 6.59. The van der Waals surface area contributed by atoms with Gasteiger partial charge in [0, 0.05) is 40.2 Å². The van der Waals surface area contributed by atoms with Gasteiger partial charge in [0.2, 0.25) is 0 Å². The standard InChI is InChI=1S/C28H24BrN3O2/c1-18-27(24-16-25(19-9-5-3-6-10-19)32(31-24)26(33)17-34-2)28(20-11-7-4-8-12-20)22-15-21(29)13-14-23(22)30-18/h3-15,25H,16-17H2,1-2H3. The fraction of sp³-hybridized carbons (Fsp3) is 0.179. The predicted octanol–water partition coefficient (Wildman–Crippen LogP) is 6.30. The Morgan fingerprint density at radius 3 is 2.44 bits per heavy atom. The molecule has 0 bridgehead atoms. The van der Waals surface area contributed by atoms with Gasteiger partial charge in [-0.25, -0.2) is 5.01 Å². The number of hydrogen-bond donors (Lipinski definition) is 0. The zero-order valence-corrected chi connectivity index (χ0v) is 20.6. The van der Waals surface area contributed by atoms with Gasteiger partial charge in [0.15, 0.2) is 0 Å². The second kappa shape index (κ2) is 9.49. The van der Waals surface area contributed by atoms with Crippen LogP contribution in [0.2, 0.25) is 0 Å². The molecule has 0 saturated carbocycles. The van der Waals surface area contributed by atoms with Crippen LogP contribution in [0.1, 0.15) is 29.3 Å². The smallest absolute Gasteiger partial charge is 0.269 e. The predicted molar refractivity (Wildman–Crippen MR) is 139 cm³/mol. The maximum Gasteiger partial charge on any atom is 0.269 e. The van der Waals surface area contributed by atoms with Crippen molar-refractivity contribution >= 4 is 38.5 Å². The fourth-order valence-electron chi connectivity index (χ4n) is 4.63. The van der Waals surface area contributed by atoms with Crippen molar-refractivity contribution in [2.45, 2.75) is 19.4 Å². The molecule has 2 heterocycles. The van der Waals surface area contributed by atoms with Crippen LogP contribution in [0.5, 0.6) is 0 Å². The highest BCUT2D eigenvalue weighted by Gasteiger charge is 2.35. The molecule has 0 spiro atoms. The first kappa shape index (κ1) is 22.4. The summed E-state index contributed by atoms with van der Waals surface area (Å²) >= 11 is 3.63. The molecule has 0 radical (unpaired) electrons. The number of nitrogens with zero attached hydrogens (tertiary/aromatic N) is 3. The summed E-state index contributed by atoms with van der Waals surface area (Å²) in [7, 11) is 1.53. The second-order valence-electron chi connectivity index (χ2n) is 8.32. The highest BCUT2D eigenvalue weighted by Crippen LogP contribution is 2.39. The molecule has 0 saturated heterocycles. The zero-order valence-electron chi connectivity index (χ0n) is 19.0. The lowest BCUT2D eigenvalue weighted by Crippen LogP contribution is -2.30. The van der Waals surface area contributed by atoms with Crippen LogP contribution >= 0.6 is 15.9 Å². The maximum absolute atomic E-state index is 13.0. The Hall–Kier alpha value is -3.35. The lowest BCUT2D eigenvalue weighted by atomic mass is 9.89. The Balaban J connectivity index is 1.73. The Kier molecular flexibility index (Phi) is 6.26. The molecular formula is C28H24BrN3O2. The van der Waals surface area contributed by atoms with Gasteiger partial charge >= 0.3 is 0 Å². The molecule has 6 heteroatoms. The van der Waals surface area contributed by atoms with Gasteiger partial charge in [-0.3, -0.25) is 9.78 Å². The van der Waals surface area contributed by atoms with Crippen LogP contribution in [-0.4, -0.2) is 35.3 Å². The molecule has 34 heavy (non-hydrogen) atoms. The van der Waals surface area contributed by atoms with E-state index in [0.29, 0.717) is 6.42 Å². The summed E-state index contributed by atoms with van der Waals surface area (Å²) in [5.74, 6) is -0.165. The number of rotatable bonds is 5. The molecule has 170 valence electrons. The van der Waals surface area contributed by atoms with E-state index in [1.165, 1.54) is 7.11 Å². The number of carbonyl (C=O) groups excluding carboxylic acids is 1. The summed E-state index contributed by atoms with van der Waals surface area (Å²) < 4.78 is 6.14. The SMILES string of the molecule is COCC(=O)N1N=C(c2c(C)nc3ccc(Br)cc3c2-c2ccccc2)CC1c1ccccc1. The lowest BCUT2D eigenvalue weighted by Gasteiger charge is -2.21. The molecule has 4 aromatic rings. The molecule has 3 aromatic carbocycles. The molecule has 0 fully saturated rings. The van der Waals surface area contributed by atoms with Crippen molar-refractivity contribution in [3.63, 3.8) is 0 Å². The Bertz CT molecular complexity index is 1390. The van der Waals surface area contributed by atoms with E-state index >= 15 is 0 Å². The van der Waals surface area contributed by atoms with E-state index in [9.17, 15) is 4.79 Å². The molecule has 1 amide bonds. The van der Waals surface area contributed by atoms with E-state index in [4.69, 9.17) is 14.8 Å². The highest BCUT2D eigenvalue weighted by atomic mass is 79.9. The largest absolute Gasteiger partial charge is 0.375 e. The van der Waals surface area contributed by atoms with Crippen LogP contribution in [0, 0.1) is 6.92 Å². The van der Waals surface area contributed by atoms with E-state index in [2.05, 4.69) is 34.1 Å². The molecule has 1 atom stereocenters. The molecular weight excluding hydrogens is 490 g/mol. The zero-order chi connectivity index (χ0) is 23.7. The molecule has 1 unspecified atom stereocenters. The summed E-state index contributed by atoms with van der Waals surface area (Å²) in [4.78, 5) is 17.9. The van der Waals surface area contributed by atoms with Gasteiger partial charge in [0.25, 0.3) is 5.91 Å². The number of fused-ring (bicyclic) bond motifs is 1. The number of aromatic nitrogens is 1. The van der Waals surface area contributed by atoms with Gasteiger partial charge in [-0.15, -0.1) is 0 Å². The average molecular weight is 514 g/mol. The van der Waals surface area contributed by atoms with Gasteiger partial charge in [0.1, 0.15) is 6.61 Å². The lowest BCUT2D eigenvalue weighted by molar-refractivity contribution is -0.137. The number of carbonyl (C=O) groups is 1. The number of amides is 1. The number of halogens is 1. The van der Waals surface area contributed by atoms with Gasteiger partial charge < -0.3 is 4.74 Å². The van der Waals surface area contributed by atoms with Crippen LogP contribution in [0.4, 0.5) is 0 Å². The van der Waals surface area contributed by atoms with E-state index < -0.39 is 0 Å². The molecule has 1 aliphatic rings. The van der Waals surface area contributed by atoms with Gasteiger partial charge in [-0.2, -0.15) is 5.10 Å². The van der Waals surface area contributed by atoms with Crippen molar-refractivity contribution in [2.24, 2.45) is 5.10 Å². The number of aryl methyl sites for hydroxylation is 1. The molecule has 1 aliphatic heterocycles. The quantitative estimate of drug-likeness (QED) is 0.314. The van der Waals surface area contributed by atoms with Gasteiger partial charge in [-0.05, 0) is 36.2 Å². The minimum atomic E-state index is -0.194. The van der Waals surface area contributed by atoms with Crippen molar-refractivity contribution in [1.82, 2.24) is 9.99 Å². The highest BCUT2D eigenvalue weighted by molar-refractivity contribution is 9.10. The number of hydrogen-bond acceptors (Lipinski definition) is 4. The summed E-state index contributed by atoms with van der Waals surface area (Å²) in [5, 5.41) is 7.50. The Morgan fingerprint density at radius 2 is 1.74 bits per heavy atom. The van der Waals surface area contributed by atoms with E-state index in [1.54, 1.807) is 5.01 Å². The first-order valence-corrected chi connectivity index (χ1v) is 11.9. The van der Waals surface area contributed by atoms with Crippen LogP contribution < -0.4 is 0 Å². The minimum absolute atomic E-state index is 0.0203. The minimum Gasteiger partial charge on any atom is -0.375 e. The number of hydrazone groups is 1. The molecule has 5 nitrogen and oxygen atoms in total. The fourth-order valence-corrected chi connectivity index (χ4v) is 4.99. The van der Waals surface area contributed by atoms with Crippen molar-refractivity contribution in [1.29, 1.82) is 0 Å². The number of benzene rings is 3. The first-order chi connectivity index (χ1) is 16.6. The Morgan fingerprint density at radius 1 is 1.03 bits per heavy atom. The average Bonchev–Trinajstić information content (AvgIpc) is 3.30. The van der Waals surface area contributed by atoms with Gasteiger partial charge in [0.05, 0.1) is 17.3 Å². The van der Waals surface area contributed by atoms with Crippen LogP contribution in [0.15, 0.2) is 88.4 Å². The summed E-state index contributed by atoms with van der Waals surface area (Å²) in [6.45, 7) is 2.00. The molecule has 5 rings (SSSR count). The Labute approximate surface area is 207 Å². The van der Waals surface area contributed by atoms with Crippen molar-refractivity contribution in [3.8, 4) is 11.1 Å². The van der Waals surface area contributed by atoms with Crippen LogP contribution in [0.3, 0.4) is 0 Å². The van der Waals surface area contributed by atoms with Gasteiger partial charge in [-0.1, -0.05) is 76.6 Å². The number of methoxy groups -OCH3 is 1. The third kappa shape index (κ3) is 4.15. The number of ether oxygens (including phenoxy) is 1. The van der Waals surface area contributed by atoms with Crippen molar-refractivity contribution < 1.29 is 9.53 Å². The third-order valence-electron chi connectivity index (χ3n) is 6.10. The number of pyridine rings is 1. The van der Waals surface area contributed by atoms with Crippen LogP contribution in [0.25, 0.3) is 22.0 Å². The molecule has 0 aliphatic carbocycles.